The van der Waals surface area contributed by atoms with Gasteiger partial charge in [-0.3, -0.25) is 4.98 Å². The van der Waals surface area contributed by atoms with Crippen LogP contribution >= 0.6 is 11.6 Å². The molecule has 0 aromatic carbocycles. The molecule has 2 aromatic rings. The highest BCUT2D eigenvalue weighted by atomic mass is 35.5. The first-order valence-electron chi connectivity index (χ1n) is 5.94. The topological polar surface area (TPSA) is 66.8 Å². The van der Waals surface area contributed by atoms with Crippen molar-refractivity contribution in [2.75, 3.05) is 23.8 Å². The molecule has 6 nitrogen and oxygen atoms in total. The van der Waals surface area contributed by atoms with Crippen LogP contribution in [-0.4, -0.2) is 33.5 Å². The molecular weight excluding hydrogens is 264 g/mol. The van der Waals surface area contributed by atoms with Gasteiger partial charge in [0, 0.05) is 32.5 Å². The van der Waals surface area contributed by atoms with E-state index in [0.717, 1.165) is 12.1 Å². The van der Waals surface area contributed by atoms with Crippen LogP contribution < -0.4 is 10.2 Å². The Balaban J connectivity index is 2.16. The zero-order chi connectivity index (χ0) is 13.7. The molecule has 0 aliphatic rings. The third-order valence-corrected chi connectivity index (χ3v) is 2.58. The van der Waals surface area contributed by atoms with E-state index in [2.05, 4.69) is 25.3 Å². The molecule has 100 valence electrons. The van der Waals surface area contributed by atoms with Gasteiger partial charge in [0.2, 0.25) is 17.2 Å². The molecule has 0 atom stereocenters. The number of hydrogen-bond donors (Lipinski definition) is 1. The molecule has 0 saturated carbocycles. The average Bonchev–Trinajstić information content (AvgIpc) is 2.39. The summed E-state index contributed by atoms with van der Waals surface area (Å²) in [5.74, 6) is 1.01. The maximum absolute atomic E-state index is 5.89. The number of anilines is 2. The summed E-state index contributed by atoms with van der Waals surface area (Å²) >= 11 is 5.89. The summed E-state index contributed by atoms with van der Waals surface area (Å²) in [5.41, 5.74) is 1.08. The number of aromatic nitrogens is 4. The van der Waals surface area contributed by atoms with Crippen LogP contribution in [0.1, 0.15) is 12.5 Å². The Kier molecular flexibility index (Phi) is 4.46. The van der Waals surface area contributed by atoms with Gasteiger partial charge < -0.3 is 10.2 Å². The molecule has 0 radical (unpaired) electrons. The third kappa shape index (κ3) is 3.75. The number of rotatable bonds is 5. The van der Waals surface area contributed by atoms with Gasteiger partial charge in [-0.2, -0.15) is 15.0 Å². The van der Waals surface area contributed by atoms with Crippen molar-refractivity contribution in [3.8, 4) is 0 Å². The second-order valence-corrected chi connectivity index (χ2v) is 4.31. The first kappa shape index (κ1) is 13.5. The average molecular weight is 279 g/mol. The van der Waals surface area contributed by atoms with E-state index in [1.807, 2.05) is 37.2 Å². The molecule has 19 heavy (non-hydrogen) atoms. The summed E-state index contributed by atoms with van der Waals surface area (Å²) < 4.78 is 0. The van der Waals surface area contributed by atoms with Crippen molar-refractivity contribution in [2.45, 2.75) is 13.5 Å². The van der Waals surface area contributed by atoms with E-state index in [0.29, 0.717) is 18.4 Å². The molecule has 0 unspecified atom stereocenters. The van der Waals surface area contributed by atoms with Crippen molar-refractivity contribution < 1.29 is 0 Å². The summed E-state index contributed by atoms with van der Waals surface area (Å²) in [6, 6.07) is 3.89. The second-order valence-electron chi connectivity index (χ2n) is 3.98. The molecule has 0 saturated heterocycles. The Morgan fingerprint density at radius 2 is 2.16 bits per heavy atom. The number of nitrogens with one attached hydrogen (secondary N) is 1. The van der Waals surface area contributed by atoms with Crippen molar-refractivity contribution in [2.24, 2.45) is 0 Å². The highest BCUT2D eigenvalue weighted by molar-refractivity contribution is 6.28. The largest absolute Gasteiger partial charge is 0.354 e. The van der Waals surface area contributed by atoms with Crippen molar-refractivity contribution in [3.05, 3.63) is 35.4 Å². The minimum Gasteiger partial charge on any atom is -0.354 e. The molecular formula is C12H15ClN6. The summed E-state index contributed by atoms with van der Waals surface area (Å²) in [5, 5.41) is 3.20. The van der Waals surface area contributed by atoms with E-state index in [-0.39, 0.29) is 5.28 Å². The third-order valence-electron chi connectivity index (χ3n) is 2.42. The number of nitrogens with zero attached hydrogens (tertiary/aromatic N) is 5. The molecule has 1 N–H and O–H groups in total. The quantitative estimate of drug-likeness (QED) is 0.902. The van der Waals surface area contributed by atoms with Crippen LogP contribution in [0, 0.1) is 0 Å². The summed E-state index contributed by atoms with van der Waals surface area (Å²) in [4.78, 5) is 18.4. The number of pyridine rings is 1. The van der Waals surface area contributed by atoms with Crippen molar-refractivity contribution >= 4 is 23.5 Å². The SMILES string of the molecule is CCNc1nc(Cl)nc(N(C)Cc2cccnc2)n1. The predicted molar refractivity (Wildman–Crippen MR) is 75.3 cm³/mol. The van der Waals surface area contributed by atoms with E-state index in [1.54, 1.807) is 6.20 Å². The fourth-order valence-corrected chi connectivity index (χ4v) is 1.74. The Morgan fingerprint density at radius 3 is 2.84 bits per heavy atom. The Morgan fingerprint density at radius 1 is 1.32 bits per heavy atom. The minimum atomic E-state index is 0.180. The smallest absolute Gasteiger partial charge is 0.231 e. The lowest BCUT2D eigenvalue weighted by Crippen LogP contribution is -2.20. The molecule has 0 aliphatic heterocycles. The van der Waals surface area contributed by atoms with Gasteiger partial charge in [0.25, 0.3) is 0 Å². The van der Waals surface area contributed by atoms with Crippen LogP contribution in [0.25, 0.3) is 0 Å². The normalized spacial score (nSPS) is 10.3. The fraction of sp³-hybridized carbons (Fsp3) is 0.333. The van der Waals surface area contributed by atoms with Crippen LogP contribution in [0.5, 0.6) is 0 Å². The summed E-state index contributed by atoms with van der Waals surface area (Å²) in [6.45, 7) is 3.35. The predicted octanol–water partition coefficient (Wildman–Crippen LogP) is 1.99. The standard InChI is InChI=1S/C12H15ClN6/c1-3-15-11-16-10(13)17-12(18-11)19(2)8-9-5-4-6-14-7-9/h4-7H,3,8H2,1-2H3,(H,15,16,17,18). The highest BCUT2D eigenvalue weighted by Crippen LogP contribution is 2.14. The first-order valence-corrected chi connectivity index (χ1v) is 6.32. The van der Waals surface area contributed by atoms with Gasteiger partial charge in [-0.15, -0.1) is 0 Å². The lowest BCUT2D eigenvalue weighted by Gasteiger charge is -2.17. The second kappa shape index (κ2) is 6.29. The van der Waals surface area contributed by atoms with Gasteiger partial charge in [0.05, 0.1) is 0 Å². The maximum Gasteiger partial charge on any atom is 0.231 e. The minimum absolute atomic E-state index is 0.180. The van der Waals surface area contributed by atoms with E-state index in [1.165, 1.54) is 0 Å². The molecule has 2 rings (SSSR count). The lowest BCUT2D eigenvalue weighted by atomic mass is 10.3. The summed E-state index contributed by atoms with van der Waals surface area (Å²) in [6.07, 6.45) is 3.55. The van der Waals surface area contributed by atoms with E-state index in [4.69, 9.17) is 11.6 Å². The molecule has 0 aliphatic carbocycles. The highest BCUT2D eigenvalue weighted by Gasteiger charge is 2.09. The van der Waals surface area contributed by atoms with Gasteiger partial charge in [-0.1, -0.05) is 6.07 Å². The fourth-order valence-electron chi connectivity index (χ4n) is 1.58. The van der Waals surface area contributed by atoms with E-state index in [9.17, 15) is 0 Å². The first-order chi connectivity index (χ1) is 9.19. The van der Waals surface area contributed by atoms with Gasteiger partial charge in [-0.05, 0) is 30.2 Å². The Hall–Kier alpha value is -1.95. The molecule has 0 fully saturated rings. The zero-order valence-electron chi connectivity index (χ0n) is 10.8. The van der Waals surface area contributed by atoms with Crippen LogP contribution in [-0.2, 0) is 6.54 Å². The molecule has 0 spiro atoms. The van der Waals surface area contributed by atoms with Gasteiger partial charge in [0.15, 0.2) is 0 Å². The van der Waals surface area contributed by atoms with Gasteiger partial charge in [0.1, 0.15) is 0 Å². The monoisotopic (exact) mass is 278 g/mol. The lowest BCUT2D eigenvalue weighted by molar-refractivity contribution is 0.848. The molecule has 0 amide bonds. The van der Waals surface area contributed by atoms with Gasteiger partial charge in [-0.25, -0.2) is 0 Å². The number of halogens is 1. The maximum atomic E-state index is 5.89. The van der Waals surface area contributed by atoms with Crippen molar-refractivity contribution in [3.63, 3.8) is 0 Å². The Labute approximate surface area is 116 Å². The Bertz CT molecular complexity index is 533. The molecule has 2 aromatic heterocycles. The van der Waals surface area contributed by atoms with Crippen molar-refractivity contribution in [1.29, 1.82) is 0 Å². The van der Waals surface area contributed by atoms with E-state index < -0.39 is 0 Å². The van der Waals surface area contributed by atoms with Crippen LogP contribution in [0.15, 0.2) is 24.5 Å². The number of hydrogen-bond acceptors (Lipinski definition) is 6. The van der Waals surface area contributed by atoms with Gasteiger partial charge >= 0.3 is 0 Å². The zero-order valence-corrected chi connectivity index (χ0v) is 11.6. The molecule has 7 heteroatoms. The van der Waals surface area contributed by atoms with Crippen LogP contribution in [0.3, 0.4) is 0 Å². The van der Waals surface area contributed by atoms with Crippen LogP contribution in [0.2, 0.25) is 5.28 Å². The van der Waals surface area contributed by atoms with E-state index >= 15 is 0 Å². The molecule has 0 bridgehead atoms. The van der Waals surface area contributed by atoms with Crippen LogP contribution in [0.4, 0.5) is 11.9 Å². The molecule has 2 heterocycles. The summed E-state index contributed by atoms with van der Waals surface area (Å²) in [7, 11) is 1.90. The van der Waals surface area contributed by atoms with Crippen molar-refractivity contribution in [1.82, 2.24) is 19.9 Å².